The van der Waals surface area contributed by atoms with Gasteiger partial charge in [-0.05, 0) is 31.9 Å². The van der Waals surface area contributed by atoms with Gasteiger partial charge in [0.25, 0.3) is 0 Å². The predicted molar refractivity (Wildman–Crippen MR) is 87.4 cm³/mol. The Kier molecular flexibility index (Phi) is 7.13. The summed E-state index contributed by atoms with van der Waals surface area (Å²) in [5.41, 5.74) is 1.09. The molecule has 0 aliphatic carbocycles. The third-order valence-corrected chi connectivity index (χ3v) is 4.49. The van der Waals surface area contributed by atoms with E-state index in [9.17, 15) is 0 Å². The summed E-state index contributed by atoms with van der Waals surface area (Å²) in [7, 11) is 1.74. The van der Waals surface area contributed by atoms with E-state index in [1.807, 2.05) is 12.1 Å². The van der Waals surface area contributed by atoms with Crippen LogP contribution in [-0.4, -0.2) is 23.7 Å². The number of hydrogen-bond acceptors (Lipinski definition) is 2. The van der Waals surface area contributed by atoms with Crippen LogP contribution in [0.4, 0.5) is 0 Å². The second-order valence-corrected chi connectivity index (χ2v) is 6.48. The van der Waals surface area contributed by atoms with Crippen LogP contribution in [0.3, 0.4) is 0 Å². The zero-order chi connectivity index (χ0) is 13.6. The van der Waals surface area contributed by atoms with Crippen molar-refractivity contribution in [3.63, 3.8) is 0 Å². The minimum Gasteiger partial charge on any atom is -0.379 e. The van der Waals surface area contributed by atoms with Crippen molar-refractivity contribution in [2.45, 2.75) is 32.0 Å². The maximum atomic E-state index is 5.98. The first-order valence-electron chi connectivity index (χ1n) is 5.97. The molecular weight excluding hydrogens is 407 g/mol. The molecule has 0 saturated carbocycles. The molecule has 1 unspecified atom stereocenters. The maximum absolute atomic E-state index is 5.98. The molecule has 0 saturated heterocycles. The van der Waals surface area contributed by atoms with Crippen LogP contribution in [0.5, 0.6) is 0 Å². The molecule has 0 spiro atoms. The van der Waals surface area contributed by atoms with Gasteiger partial charge in [0.15, 0.2) is 0 Å². The van der Waals surface area contributed by atoms with Crippen LogP contribution in [0, 0.1) is 0 Å². The van der Waals surface area contributed by atoms with Gasteiger partial charge in [-0.1, -0.05) is 56.7 Å². The van der Waals surface area contributed by atoms with Crippen molar-refractivity contribution in [2.24, 2.45) is 0 Å². The molecule has 0 aliphatic rings. The summed E-state index contributed by atoms with van der Waals surface area (Å²) >= 11 is 5.94. The van der Waals surface area contributed by atoms with Crippen molar-refractivity contribution >= 4 is 38.5 Å². The van der Waals surface area contributed by atoms with E-state index in [1.165, 1.54) is 5.56 Å². The molecule has 1 aromatic rings. The summed E-state index contributed by atoms with van der Waals surface area (Å²) in [6.07, 6.45) is 1.02. The molecule has 1 atom stereocenters. The number of rotatable bonds is 7. The lowest BCUT2D eigenvalue weighted by atomic mass is 10.1. The third kappa shape index (κ3) is 5.15. The second-order valence-electron chi connectivity index (χ2n) is 4.75. The van der Waals surface area contributed by atoms with E-state index < -0.39 is 0 Å². The maximum Gasteiger partial charge on any atom is 0.0925 e. The SMILES string of the molecule is COC(C)(C)CCOC(CI)c1ccccc1Br. The van der Waals surface area contributed by atoms with Crippen LogP contribution in [0.1, 0.15) is 31.9 Å². The molecule has 4 heteroatoms. The number of methoxy groups -OCH3 is 1. The van der Waals surface area contributed by atoms with Crippen molar-refractivity contribution in [2.75, 3.05) is 18.1 Å². The lowest BCUT2D eigenvalue weighted by molar-refractivity contribution is -0.0226. The highest BCUT2D eigenvalue weighted by atomic mass is 127. The molecule has 1 rings (SSSR count). The van der Waals surface area contributed by atoms with E-state index in [0.29, 0.717) is 6.61 Å². The predicted octanol–water partition coefficient (Wildman–Crippen LogP) is 4.76. The Labute approximate surface area is 132 Å². The number of halogens is 2. The van der Waals surface area contributed by atoms with Gasteiger partial charge < -0.3 is 9.47 Å². The van der Waals surface area contributed by atoms with Crippen LogP contribution >= 0.6 is 38.5 Å². The molecule has 0 bridgehead atoms. The smallest absolute Gasteiger partial charge is 0.0925 e. The van der Waals surface area contributed by atoms with Crippen molar-refractivity contribution in [1.82, 2.24) is 0 Å². The largest absolute Gasteiger partial charge is 0.379 e. The Morgan fingerprint density at radius 2 is 2.00 bits per heavy atom. The van der Waals surface area contributed by atoms with Crippen molar-refractivity contribution in [3.8, 4) is 0 Å². The van der Waals surface area contributed by atoms with Gasteiger partial charge in [-0.25, -0.2) is 0 Å². The van der Waals surface area contributed by atoms with Gasteiger partial charge in [-0.2, -0.15) is 0 Å². The number of ether oxygens (including phenoxy) is 2. The highest BCUT2D eigenvalue weighted by Gasteiger charge is 2.18. The van der Waals surface area contributed by atoms with Gasteiger partial charge in [0.2, 0.25) is 0 Å². The van der Waals surface area contributed by atoms with Gasteiger partial charge in [-0.15, -0.1) is 0 Å². The average Bonchev–Trinajstić information content (AvgIpc) is 2.36. The molecule has 0 N–H and O–H groups in total. The van der Waals surface area contributed by atoms with Gasteiger partial charge in [0.05, 0.1) is 18.3 Å². The summed E-state index contributed by atoms with van der Waals surface area (Å²) in [5, 5.41) is 0. The molecule has 18 heavy (non-hydrogen) atoms. The molecule has 0 aromatic heterocycles. The summed E-state index contributed by atoms with van der Waals surface area (Å²) in [6.45, 7) is 4.86. The van der Waals surface area contributed by atoms with Crippen LogP contribution in [0.25, 0.3) is 0 Å². The lowest BCUT2D eigenvalue weighted by Gasteiger charge is -2.24. The van der Waals surface area contributed by atoms with Gasteiger partial charge in [0, 0.05) is 16.0 Å². The molecule has 1 aromatic carbocycles. The zero-order valence-electron chi connectivity index (χ0n) is 11.1. The number of benzene rings is 1. The summed E-state index contributed by atoms with van der Waals surface area (Å²) < 4.78 is 13.4. The molecule has 2 nitrogen and oxygen atoms in total. The van der Waals surface area contributed by atoms with Gasteiger partial charge in [-0.3, -0.25) is 0 Å². The summed E-state index contributed by atoms with van der Waals surface area (Å²) in [4.78, 5) is 0. The van der Waals surface area contributed by atoms with E-state index >= 15 is 0 Å². The van der Waals surface area contributed by atoms with Crippen LogP contribution in [0.2, 0.25) is 0 Å². The lowest BCUT2D eigenvalue weighted by Crippen LogP contribution is -2.25. The highest BCUT2D eigenvalue weighted by Crippen LogP contribution is 2.28. The standard InChI is InChI=1S/C14H20BrIO2/c1-14(2,17-3)8-9-18-13(10-16)11-6-4-5-7-12(11)15/h4-7,13H,8-10H2,1-3H3. The van der Waals surface area contributed by atoms with Crippen molar-refractivity contribution < 1.29 is 9.47 Å². The Hall–Kier alpha value is 0.350. The zero-order valence-corrected chi connectivity index (χ0v) is 14.8. The number of alkyl halides is 1. The number of hydrogen-bond donors (Lipinski definition) is 0. The third-order valence-electron chi connectivity index (χ3n) is 2.97. The van der Waals surface area contributed by atoms with Crippen molar-refractivity contribution in [1.29, 1.82) is 0 Å². The average molecular weight is 427 g/mol. The highest BCUT2D eigenvalue weighted by molar-refractivity contribution is 14.1. The first-order chi connectivity index (χ1) is 8.50. The van der Waals surface area contributed by atoms with E-state index in [-0.39, 0.29) is 11.7 Å². The minimum atomic E-state index is -0.121. The quantitative estimate of drug-likeness (QED) is 0.462. The molecule has 0 amide bonds. The van der Waals surface area contributed by atoms with Crippen LogP contribution < -0.4 is 0 Å². The molecule has 0 fully saturated rings. The van der Waals surface area contributed by atoms with Crippen LogP contribution in [0.15, 0.2) is 28.7 Å². The Morgan fingerprint density at radius 1 is 1.33 bits per heavy atom. The van der Waals surface area contributed by atoms with Crippen LogP contribution in [-0.2, 0) is 9.47 Å². The molecule has 0 aliphatic heterocycles. The first kappa shape index (κ1) is 16.4. The summed E-state index contributed by atoms with van der Waals surface area (Å²) in [6, 6.07) is 8.22. The Balaban J connectivity index is 2.56. The van der Waals surface area contributed by atoms with E-state index in [0.717, 1.165) is 15.3 Å². The topological polar surface area (TPSA) is 18.5 Å². The van der Waals surface area contributed by atoms with Crippen molar-refractivity contribution in [3.05, 3.63) is 34.3 Å². The monoisotopic (exact) mass is 426 g/mol. The first-order valence-corrected chi connectivity index (χ1v) is 8.29. The Morgan fingerprint density at radius 3 is 2.56 bits per heavy atom. The fourth-order valence-electron chi connectivity index (χ4n) is 1.50. The summed E-state index contributed by atoms with van der Waals surface area (Å²) in [5.74, 6) is 0. The normalized spacial score (nSPS) is 13.6. The fourth-order valence-corrected chi connectivity index (χ4v) is 2.77. The molecule has 102 valence electrons. The molecular formula is C14H20BrIO2. The van der Waals surface area contributed by atoms with E-state index in [4.69, 9.17) is 9.47 Å². The molecule has 0 radical (unpaired) electrons. The second kappa shape index (κ2) is 7.82. The molecule has 0 heterocycles. The van der Waals surface area contributed by atoms with E-state index in [2.05, 4.69) is 64.5 Å². The fraction of sp³-hybridized carbons (Fsp3) is 0.571. The minimum absolute atomic E-state index is 0.121. The van der Waals surface area contributed by atoms with Gasteiger partial charge in [0.1, 0.15) is 0 Å². The van der Waals surface area contributed by atoms with Gasteiger partial charge >= 0.3 is 0 Å². The van der Waals surface area contributed by atoms with E-state index in [1.54, 1.807) is 7.11 Å². The Bertz CT molecular complexity index is 369.